The van der Waals surface area contributed by atoms with E-state index in [1.165, 1.54) is 6.07 Å². The van der Waals surface area contributed by atoms with Crippen LogP contribution >= 0.6 is 0 Å². The molecule has 0 radical (unpaired) electrons. The Labute approximate surface area is 77.2 Å². The maximum atomic E-state index is 13.4. The van der Waals surface area contributed by atoms with Gasteiger partial charge in [-0.1, -0.05) is 12.1 Å². The smallest absolute Gasteiger partial charge is 0.129 e. The molecule has 0 spiro atoms. The van der Waals surface area contributed by atoms with Crippen molar-refractivity contribution >= 4 is 0 Å². The van der Waals surface area contributed by atoms with Crippen molar-refractivity contribution in [3.8, 4) is 0 Å². The second-order valence-electron chi connectivity index (χ2n) is 3.87. The van der Waals surface area contributed by atoms with Crippen LogP contribution in [-0.2, 0) is 5.60 Å². The molecule has 1 saturated carbocycles. The van der Waals surface area contributed by atoms with Crippen molar-refractivity contribution in [2.24, 2.45) is 0 Å². The molecule has 0 amide bonds. The molecule has 0 saturated heterocycles. The predicted octanol–water partition coefficient (Wildman–Crippen LogP) is 2.51. The monoisotopic (exact) mass is 180 g/mol. The molecular formula is C11H13FO. The largest absolute Gasteiger partial charge is 0.385 e. The topological polar surface area (TPSA) is 20.2 Å². The van der Waals surface area contributed by atoms with Crippen molar-refractivity contribution in [3.63, 3.8) is 0 Å². The highest BCUT2D eigenvalue weighted by molar-refractivity contribution is 5.29. The Morgan fingerprint density at radius 3 is 2.54 bits per heavy atom. The first kappa shape index (κ1) is 8.70. The average Bonchev–Trinajstić information content (AvgIpc) is 2.00. The molecule has 1 N–H and O–H groups in total. The molecule has 1 aliphatic rings. The van der Waals surface area contributed by atoms with Gasteiger partial charge in [-0.05, 0) is 37.8 Å². The van der Waals surface area contributed by atoms with Gasteiger partial charge in [0.25, 0.3) is 0 Å². The Bertz CT molecular complexity index is 329. The summed E-state index contributed by atoms with van der Waals surface area (Å²) < 4.78 is 13.4. The fourth-order valence-electron chi connectivity index (χ4n) is 1.78. The third-order valence-electron chi connectivity index (χ3n) is 2.81. The standard InChI is InChI=1S/C11H13FO/c1-8-3-4-9(10(12)7-8)11(13)5-2-6-11/h3-4,7,13H,2,5-6H2,1H3. The highest BCUT2D eigenvalue weighted by Crippen LogP contribution is 2.42. The lowest BCUT2D eigenvalue weighted by molar-refractivity contribution is -0.0416. The molecule has 2 rings (SSSR count). The van der Waals surface area contributed by atoms with Gasteiger partial charge in [0.05, 0.1) is 5.60 Å². The molecule has 0 atom stereocenters. The number of rotatable bonds is 1. The summed E-state index contributed by atoms with van der Waals surface area (Å²) in [5.74, 6) is -0.276. The van der Waals surface area contributed by atoms with Gasteiger partial charge in [-0.15, -0.1) is 0 Å². The van der Waals surface area contributed by atoms with E-state index in [4.69, 9.17) is 0 Å². The SMILES string of the molecule is Cc1ccc(C2(O)CCC2)c(F)c1. The van der Waals surface area contributed by atoms with Crippen molar-refractivity contribution in [1.82, 2.24) is 0 Å². The molecule has 0 unspecified atom stereocenters. The van der Waals surface area contributed by atoms with Crippen LogP contribution in [-0.4, -0.2) is 5.11 Å². The molecular weight excluding hydrogens is 167 g/mol. The lowest BCUT2D eigenvalue weighted by Gasteiger charge is -2.37. The first-order valence-electron chi connectivity index (χ1n) is 4.61. The zero-order valence-electron chi connectivity index (χ0n) is 7.68. The molecule has 1 aromatic carbocycles. The van der Waals surface area contributed by atoms with Crippen molar-refractivity contribution in [3.05, 3.63) is 35.1 Å². The van der Waals surface area contributed by atoms with Crippen LogP contribution in [0.25, 0.3) is 0 Å². The van der Waals surface area contributed by atoms with E-state index < -0.39 is 5.60 Å². The van der Waals surface area contributed by atoms with E-state index in [1.54, 1.807) is 6.07 Å². The third-order valence-corrected chi connectivity index (χ3v) is 2.81. The molecule has 1 fully saturated rings. The van der Waals surface area contributed by atoms with Gasteiger partial charge < -0.3 is 5.11 Å². The summed E-state index contributed by atoms with van der Waals surface area (Å²) in [6, 6.07) is 5.02. The quantitative estimate of drug-likeness (QED) is 0.704. The predicted molar refractivity (Wildman–Crippen MR) is 48.9 cm³/mol. The summed E-state index contributed by atoms with van der Waals surface area (Å²) in [6.07, 6.45) is 2.36. The minimum Gasteiger partial charge on any atom is -0.385 e. The molecule has 13 heavy (non-hydrogen) atoms. The summed E-state index contributed by atoms with van der Waals surface area (Å²) in [6.45, 7) is 1.84. The fraction of sp³-hybridized carbons (Fsp3) is 0.455. The van der Waals surface area contributed by atoms with Crippen LogP contribution < -0.4 is 0 Å². The Balaban J connectivity index is 2.40. The Morgan fingerprint density at radius 1 is 1.38 bits per heavy atom. The lowest BCUT2D eigenvalue weighted by Crippen LogP contribution is -2.34. The van der Waals surface area contributed by atoms with E-state index in [2.05, 4.69) is 0 Å². The zero-order chi connectivity index (χ0) is 9.47. The summed E-state index contributed by atoms with van der Waals surface area (Å²) in [5.41, 5.74) is 0.478. The first-order chi connectivity index (χ1) is 6.12. The maximum absolute atomic E-state index is 13.4. The summed E-state index contributed by atoms with van der Waals surface area (Å²) in [4.78, 5) is 0. The van der Waals surface area contributed by atoms with Crippen molar-refractivity contribution in [2.45, 2.75) is 31.8 Å². The van der Waals surface area contributed by atoms with E-state index in [0.29, 0.717) is 18.4 Å². The van der Waals surface area contributed by atoms with Crippen molar-refractivity contribution in [1.29, 1.82) is 0 Å². The maximum Gasteiger partial charge on any atom is 0.129 e. The van der Waals surface area contributed by atoms with Gasteiger partial charge in [0.15, 0.2) is 0 Å². The van der Waals surface area contributed by atoms with Gasteiger partial charge in [0.1, 0.15) is 5.82 Å². The average molecular weight is 180 g/mol. The van der Waals surface area contributed by atoms with Gasteiger partial charge >= 0.3 is 0 Å². The van der Waals surface area contributed by atoms with Crippen molar-refractivity contribution in [2.75, 3.05) is 0 Å². The second-order valence-corrected chi connectivity index (χ2v) is 3.87. The van der Waals surface area contributed by atoms with Crippen LogP contribution in [0.4, 0.5) is 4.39 Å². The normalized spacial score (nSPS) is 19.6. The van der Waals surface area contributed by atoms with Gasteiger partial charge in [0, 0.05) is 5.56 Å². The number of benzene rings is 1. The van der Waals surface area contributed by atoms with Gasteiger partial charge in [-0.25, -0.2) is 4.39 Å². The fourth-order valence-corrected chi connectivity index (χ4v) is 1.78. The first-order valence-corrected chi connectivity index (χ1v) is 4.61. The second kappa shape index (κ2) is 2.81. The van der Waals surface area contributed by atoms with E-state index in [9.17, 15) is 9.50 Å². The van der Waals surface area contributed by atoms with E-state index in [0.717, 1.165) is 12.0 Å². The van der Waals surface area contributed by atoms with Crippen molar-refractivity contribution < 1.29 is 9.50 Å². The Kier molecular flexibility index (Phi) is 1.88. The summed E-state index contributed by atoms with van der Waals surface area (Å²) >= 11 is 0. The van der Waals surface area contributed by atoms with Gasteiger partial charge in [-0.2, -0.15) is 0 Å². The molecule has 1 nitrogen and oxygen atoms in total. The number of halogens is 1. The van der Waals surface area contributed by atoms with E-state index in [-0.39, 0.29) is 5.82 Å². The number of aliphatic hydroxyl groups is 1. The van der Waals surface area contributed by atoms with Crippen LogP contribution in [0.5, 0.6) is 0 Å². The molecule has 0 heterocycles. The third kappa shape index (κ3) is 1.35. The highest BCUT2D eigenvalue weighted by atomic mass is 19.1. The number of aryl methyl sites for hydroxylation is 1. The zero-order valence-corrected chi connectivity index (χ0v) is 7.68. The van der Waals surface area contributed by atoms with Crippen LogP contribution in [0, 0.1) is 12.7 Å². The molecule has 70 valence electrons. The summed E-state index contributed by atoms with van der Waals surface area (Å²) in [7, 11) is 0. The molecule has 0 aliphatic heterocycles. The Hall–Kier alpha value is -0.890. The van der Waals surface area contributed by atoms with Crippen LogP contribution in [0.3, 0.4) is 0 Å². The molecule has 2 heteroatoms. The van der Waals surface area contributed by atoms with Crippen LogP contribution in [0.15, 0.2) is 18.2 Å². The molecule has 1 aliphatic carbocycles. The van der Waals surface area contributed by atoms with E-state index in [1.807, 2.05) is 13.0 Å². The number of hydrogen-bond donors (Lipinski definition) is 1. The minimum atomic E-state index is -0.877. The molecule has 0 aromatic heterocycles. The van der Waals surface area contributed by atoms with Gasteiger partial charge in [-0.3, -0.25) is 0 Å². The minimum absolute atomic E-state index is 0.276. The Morgan fingerprint density at radius 2 is 2.08 bits per heavy atom. The highest BCUT2D eigenvalue weighted by Gasteiger charge is 2.38. The van der Waals surface area contributed by atoms with E-state index >= 15 is 0 Å². The van der Waals surface area contributed by atoms with Crippen LogP contribution in [0.2, 0.25) is 0 Å². The number of hydrogen-bond acceptors (Lipinski definition) is 1. The lowest BCUT2D eigenvalue weighted by atomic mass is 9.75. The molecule has 1 aromatic rings. The van der Waals surface area contributed by atoms with Crippen LogP contribution in [0.1, 0.15) is 30.4 Å². The van der Waals surface area contributed by atoms with Gasteiger partial charge in [0.2, 0.25) is 0 Å². The summed E-state index contributed by atoms with van der Waals surface area (Å²) in [5, 5.41) is 9.91. The molecule has 0 bridgehead atoms.